The number of aromatic nitrogens is 3. The van der Waals surface area contributed by atoms with E-state index < -0.39 is 53.6 Å². The summed E-state index contributed by atoms with van der Waals surface area (Å²) in [5.74, 6) is -1.16. The molecule has 0 unspecified atom stereocenters. The second-order valence-electron chi connectivity index (χ2n) is 8.90. The lowest BCUT2D eigenvalue weighted by Crippen LogP contribution is -2.65. The van der Waals surface area contributed by atoms with Crippen molar-refractivity contribution in [1.82, 2.24) is 20.1 Å². The first-order valence-electron chi connectivity index (χ1n) is 12.1. The van der Waals surface area contributed by atoms with E-state index in [9.17, 15) is 19.2 Å². The third-order valence-corrected chi connectivity index (χ3v) is 6.81. The molecular formula is C25H32N4O9S. The van der Waals surface area contributed by atoms with Crippen molar-refractivity contribution in [2.45, 2.75) is 76.2 Å². The summed E-state index contributed by atoms with van der Waals surface area (Å²) >= 11 is 1.10. The second kappa shape index (κ2) is 13.4. The Morgan fingerprint density at radius 2 is 1.62 bits per heavy atom. The van der Waals surface area contributed by atoms with Crippen LogP contribution in [0.5, 0.6) is 5.75 Å². The Balaban J connectivity index is 1.88. The van der Waals surface area contributed by atoms with Crippen LogP contribution in [0.1, 0.15) is 39.1 Å². The molecular weight excluding hydrogens is 532 g/mol. The molecule has 1 aliphatic heterocycles. The van der Waals surface area contributed by atoms with Gasteiger partial charge >= 0.3 is 17.9 Å². The molecule has 1 saturated heterocycles. The highest BCUT2D eigenvalue weighted by molar-refractivity contribution is 7.99. The lowest BCUT2D eigenvalue weighted by Gasteiger charge is -2.44. The van der Waals surface area contributed by atoms with Crippen LogP contribution in [0.4, 0.5) is 0 Å². The maximum Gasteiger partial charge on any atom is 0.303 e. The number of aryl methyl sites for hydroxylation is 1. The monoisotopic (exact) mass is 564 g/mol. The van der Waals surface area contributed by atoms with Gasteiger partial charge in [0.15, 0.2) is 23.2 Å². The number of carbonyl (C=O) groups is 4. The SMILES string of the molecule is CC(=O)N[C@@H]1[C@@H](OC(C)=O)[C@H](OC(C)=O)[C@@H](COC(C)=O)O[C@@H]1Sc1nnc(COc2ccc(C)cc2)n1C. The predicted octanol–water partition coefficient (Wildman–Crippen LogP) is 1.45. The number of ether oxygens (including phenoxy) is 5. The third kappa shape index (κ3) is 8.42. The minimum Gasteiger partial charge on any atom is -0.486 e. The van der Waals surface area contributed by atoms with Crippen molar-refractivity contribution in [3.8, 4) is 5.75 Å². The van der Waals surface area contributed by atoms with Crippen LogP contribution in [0.15, 0.2) is 29.4 Å². The number of carbonyl (C=O) groups excluding carboxylic acids is 4. The Kier molecular flexibility index (Phi) is 10.3. The Morgan fingerprint density at radius 1 is 0.974 bits per heavy atom. The number of nitrogens with zero attached hydrogens (tertiary/aromatic N) is 3. The van der Waals surface area contributed by atoms with E-state index in [0.29, 0.717) is 16.7 Å². The zero-order valence-corrected chi connectivity index (χ0v) is 23.4. The smallest absolute Gasteiger partial charge is 0.303 e. The van der Waals surface area contributed by atoms with Crippen LogP contribution < -0.4 is 10.1 Å². The molecule has 0 aliphatic carbocycles. The summed E-state index contributed by atoms with van der Waals surface area (Å²) in [6.45, 7) is 6.73. The molecule has 2 heterocycles. The normalized spacial score (nSPS) is 22.5. The molecule has 0 radical (unpaired) electrons. The minimum absolute atomic E-state index is 0.146. The first-order valence-corrected chi connectivity index (χ1v) is 13.0. The van der Waals surface area contributed by atoms with Crippen molar-refractivity contribution in [1.29, 1.82) is 0 Å². The molecule has 0 saturated carbocycles. The van der Waals surface area contributed by atoms with E-state index >= 15 is 0 Å². The molecule has 1 N–H and O–H groups in total. The molecule has 0 spiro atoms. The van der Waals surface area contributed by atoms with Gasteiger partial charge in [-0.15, -0.1) is 10.2 Å². The largest absolute Gasteiger partial charge is 0.486 e. The number of esters is 3. The van der Waals surface area contributed by atoms with Crippen LogP contribution in [0.2, 0.25) is 0 Å². The summed E-state index contributed by atoms with van der Waals surface area (Å²) in [6.07, 6.45) is -3.33. The summed E-state index contributed by atoms with van der Waals surface area (Å²) in [4.78, 5) is 47.6. The lowest BCUT2D eigenvalue weighted by molar-refractivity contribution is -0.211. The Morgan fingerprint density at radius 3 is 2.21 bits per heavy atom. The molecule has 0 bridgehead atoms. The van der Waals surface area contributed by atoms with E-state index in [0.717, 1.165) is 17.3 Å². The Bertz CT molecular complexity index is 1190. The van der Waals surface area contributed by atoms with Crippen molar-refractivity contribution < 1.29 is 42.9 Å². The summed E-state index contributed by atoms with van der Waals surface area (Å²) in [6, 6.07) is 6.62. The van der Waals surface area contributed by atoms with E-state index in [-0.39, 0.29) is 13.2 Å². The molecule has 14 heteroatoms. The average Bonchev–Trinajstić information content (AvgIpc) is 3.19. The fraction of sp³-hybridized carbons (Fsp3) is 0.520. The molecule has 1 fully saturated rings. The molecule has 39 heavy (non-hydrogen) atoms. The van der Waals surface area contributed by atoms with Gasteiger partial charge in [-0.3, -0.25) is 19.2 Å². The molecule has 1 aromatic heterocycles. The average molecular weight is 565 g/mol. The van der Waals surface area contributed by atoms with Gasteiger partial charge in [0.25, 0.3) is 0 Å². The second-order valence-corrected chi connectivity index (χ2v) is 9.96. The maximum absolute atomic E-state index is 12.1. The van der Waals surface area contributed by atoms with Crippen molar-refractivity contribution in [2.75, 3.05) is 6.61 Å². The van der Waals surface area contributed by atoms with Gasteiger partial charge in [0.2, 0.25) is 5.91 Å². The van der Waals surface area contributed by atoms with Crippen LogP contribution >= 0.6 is 11.8 Å². The molecule has 2 aromatic rings. The zero-order valence-electron chi connectivity index (χ0n) is 22.5. The van der Waals surface area contributed by atoms with Gasteiger partial charge in [-0.1, -0.05) is 29.5 Å². The van der Waals surface area contributed by atoms with E-state index in [1.54, 1.807) is 11.6 Å². The summed E-state index contributed by atoms with van der Waals surface area (Å²) in [5.41, 5.74) is 0.204. The van der Waals surface area contributed by atoms with Crippen LogP contribution in [0.25, 0.3) is 0 Å². The molecule has 1 aliphatic rings. The number of thioether (sulfide) groups is 1. The van der Waals surface area contributed by atoms with E-state index in [1.165, 1.54) is 27.7 Å². The molecule has 1 amide bonds. The molecule has 1 aromatic carbocycles. The summed E-state index contributed by atoms with van der Waals surface area (Å²) < 4.78 is 29.8. The van der Waals surface area contributed by atoms with Gasteiger partial charge < -0.3 is 33.6 Å². The molecule has 5 atom stereocenters. The van der Waals surface area contributed by atoms with Gasteiger partial charge in [0.1, 0.15) is 36.5 Å². The maximum atomic E-state index is 12.1. The van der Waals surface area contributed by atoms with Crippen LogP contribution in [0, 0.1) is 6.92 Å². The van der Waals surface area contributed by atoms with Gasteiger partial charge in [-0.25, -0.2) is 0 Å². The fourth-order valence-corrected chi connectivity index (χ4v) is 4.98. The number of hydrogen-bond acceptors (Lipinski definition) is 12. The number of rotatable bonds is 10. The molecule has 13 nitrogen and oxygen atoms in total. The molecule has 3 rings (SSSR count). The summed E-state index contributed by atoms with van der Waals surface area (Å²) in [7, 11) is 1.74. The lowest BCUT2D eigenvalue weighted by atomic mass is 9.97. The minimum atomic E-state index is -1.17. The molecule has 212 valence electrons. The van der Waals surface area contributed by atoms with Crippen molar-refractivity contribution in [3.63, 3.8) is 0 Å². The van der Waals surface area contributed by atoms with Crippen molar-refractivity contribution in [3.05, 3.63) is 35.7 Å². The highest BCUT2D eigenvalue weighted by atomic mass is 32.2. The van der Waals surface area contributed by atoms with Crippen LogP contribution in [0.3, 0.4) is 0 Å². The quantitative estimate of drug-likeness (QED) is 0.328. The number of nitrogens with one attached hydrogen (secondary N) is 1. The van der Waals surface area contributed by atoms with Crippen LogP contribution in [-0.4, -0.2) is 75.0 Å². The van der Waals surface area contributed by atoms with Gasteiger partial charge in [0, 0.05) is 34.7 Å². The van der Waals surface area contributed by atoms with Gasteiger partial charge in [0.05, 0.1) is 0 Å². The predicted molar refractivity (Wildman–Crippen MR) is 136 cm³/mol. The van der Waals surface area contributed by atoms with Crippen molar-refractivity contribution in [2.24, 2.45) is 7.05 Å². The number of amides is 1. The summed E-state index contributed by atoms with van der Waals surface area (Å²) in [5, 5.41) is 11.6. The van der Waals surface area contributed by atoms with E-state index in [2.05, 4.69) is 15.5 Å². The topological polar surface area (TPSA) is 157 Å². The van der Waals surface area contributed by atoms with Crippen LogP contribution in [-0.2, 0) is 51.8 Å². The first kappa shape index (κ1) is 29.9. The zero-order chi connectivity index (χ0) is 28.7. The first-order chi connectivity index (χ1) is 18.4. The Hall–Kier alpha value is -3.65. The highest BCUT2D eigenvalue weighted by Crippen LogP contribution is 2.35. The van der Waals surface area contributed by atoms with E-state index in [4.69, 9.17) is 23.7 Å². The van der Waals surface area contributed by atoms with E-state index in [1.807, 2.05) is 31.2 Å². The third-order valence-electron chi connectivity index (χ3n) is 5.61. The number of hydrogen-bond donors (Lipinski definition) is 1. The number of benzene rings is 1. The van der Waals surface area contributed by atoms with Gasteiger partial charge in [-0.05, 0) is 19.1 Å². The van der Waals surface area contributed by atoms with Gasteiger partial charge in [-0.2, -0.15) is 0 Å². The fourth-order valence-electron chi connectivity index (χ4n) is 3.85. The standard InChI is InChI=1S/C25H32N4O9S/c1-13-7-9-18(10-8-13)35-12-20-27-28-25(29(20)6)39-24-21(26-14(2)30)23(37-17(5)33)22(36-16(4)32)19(38-24)11-34-15(3)31/h7-10,19,21-24H,11-12H2,1-6H3,(H,26,30)/t19-,21-,22-,23-,24-/m1/s1. The highest BCUT2D eigenvalue weighted by Gasteiger charge is 2.51. The van der Waals surface area contributed by atoms with Crippen molar-refractivity contribution >= 4 is 35.6 Å². The Labute approximate surface area is 229 Å².